The molecule has 5 heteroatoms. The van der Waals surface area contributed by atoms with Gasteiger partial charge in [0.25, 0.3) is 5.91 Å². The van der Waals surface area contributed by atoms with Crippen LogP contribution in [0, 0.1) is 13.8 Å². The molecule has 0 atom stereocenters. The van der Waals surface area contributed by atoms with E-state index in [4.69, 9.17) is 0 Å². The first-order chi connectivity index (χ1) is 14.4. The molecule has 0 aliphatic carbocycles. The van der Waals surface area contributed by atoms with Crippen LogP contribution < -0.4 is 0 Å². The molecule has 3 aromatic rings. The van der Waals surface area contributed by atoms with Crippen LogP contribution in [0.3, 0.4) is 0 Å². The van der Waals surface area contributed by atoms with E-state index in [1.165, 1.54) is 0 Å². The molecule has 0 aliphatic rings. The zero-order chi connectivity index (χ0) is 21.7. The van der Waals surface area contributed by atoms with Gasteiger partial charge in [0, 0.05) is 37.1 Å². The number of pyridine rings is 1. The molecular formula is C25H27N3O2. The second kappa shape index (κ2) is 9.35. The molecule has 1 amide bonds. The Morgan fingerprint density at radius 1 is 1.07 bits per heavy atom. The van der Waals surface area contributed by atoms with Gasteiger partial charge in [0.2, 0.25) is 0 Å². The molecule has 0 saturated heterocycles. The number of aryl methyl sites for hydroxylation is 2. The molecule has 0 radical (unpaired) electrons. The van der Waals surface area contributed by atoms with Crippen LogP contribution in [0.25, 0.3) is 11.1 Å². The van der Waals surface area contributed by atoms with E-state index in [-0.39, 0.29) is 5.91 Å². The van der Waals surface area contributed by atoms with Crippen molar-refractivity contribution in [1.82, 2.24) is 9.88 Å². The molecule has 1 heterocycles. The summed E-state index contributed by atoms with van der Waals surface area (Å²) in [6.07, 6.45) is 3.12. The molecule has 0 aliphatic heterocycles. The third kappa shape index (κ3) is 4.74. The summed E-state index contributed by atoms with van der Waals surface area (Å²) in [5.74, 6) is -0.0158. The largest absolute Gasteiger partial charge is 0.411 e. The Balaban J connectivity index is 1.79. The first kappa shape index (κ1) is 21.2. The van der Waals surface area contributed by atoms with Crippen LogP contribution in [0.15, 0.2) is 65.9 Å². The number of hydrogen-bond acceptors (Lipinski definition) is 4. The summed E-state index contributed by atoms with van der Waals surface area (Å²) in [4.78, 5) is 17.9. The summed E-state index contributed by atoms with van der Waals surface area (Å²) >= 11 is 0. The van der Waals surface area contributed by atoms with Gasteiger partial charge in [0.05, 0.1) is 5.71 Å². The number of carbonyl (C=O) groups is 1. The summed E-state index contributed by atoms with van der Waals surface area (Å²) in [7, 11) is 3.48. The second-order valence-electron chi connectivity index (χ2n) is 7.61. The summed E-state index contributed by atoms with van der Waals surface area (Å²) in [6.45, 7) is 4.02. The number of nitrogens with zero attached hydrogens (tertiary/aromatic N) is 3. The average molecular weight is 402 g/mol. The predicted molar refractivity (Wildman–Crippen MR) is 120 cm³/mol. The van der Waals surface area contributed by atoms with Gasteiger partial charge in [-0.3, -0.25) is 9.78 Å². The van der Waals surface area contributed by atoms with Crippen molar-refractivity contribution in [2.75, 3.05) is 14.1 Å². The van der Waals surface area contributed by atoms with E-state index in [0.717, 1.165) is 33.5 Å². The molecule has 5 nitrogen and oxygen atoms in total. The molecule has 3 rings (SSSR count). The Bertz CT molecular complexity index is 1070. The fraction of sp³-hybridized carbons (Fsp3) is 0.240. The summed E-state index contributed by atoms with van der Waals surface area (Å²) in [5, 5.41) is 13.3. The molecule has 1 N–H and O–H groups in total. The second-order valence-corrected chi connectivity index (χ2v) is 7.61. The van der Waals surface area contributed by atoms with Crippen LogP contribution in [0.1, 0.15) is 39.2 Å². The summed E-state index contributed by atoms with van der Waals surface area (Å²) in [6, 6.07) is 17.7. The number of amides is 1. The Kier molecular flexibility index (Phi) is 6.62. The van der Waals surface area contributed by atoms with Gasteiger partial charge >= 0.3 is 0 Å². The predicted octanol–water partition coefficient (Wildman–Crippen LogP) is 4.88. The maximum Gasteiger partial charge on any atom is 0.253 e. The number of aromatic nitrogens is 1. The standard InChI is InChI=1S/C25H27N3O2/c1-17-16-21(14-15-26-17)22-6-5-7-23(18(22)2)24(27-30)13-10-19-8-11-20(12-9-19)25(29)28(3)4/h5-9,11-12,14-16,30H,10,13H2,1-4H3/b27-24+. The van der Waals surface area contributed by atoms with Crippen LogP contribution >= 0.6 is 0 Å². The highest BCUT2D eigenvalue weighted by Crippen LogP contribution is 2.27. The highest BCUT2D eigenvalue weighted by Gasteiger charge is 2.13. The van der Waals surface area contributed by atoms with Crippen molar-refractivity contribution in [1.29, 1.82) is 0 Å². The van der Waals surface area contributed by atoms with Crippen LogP contribution in [0.5, 0.6) is 0 Å². The molecule has 154 valence electrons. The lowest BCUT2D eigenvalue weighted by Crippen LogP contribution is -2.21. The molecule has 2 aromatic carbocycles. The van der Waals surface area contributed by atoms with E-state index in [0.29, 0.717) is 24.1 Å². The first-order valence-electron chi connectivity index (χ1n) is 9.95. The molecular weight excluding hydrogens is 374 g/mol. The Morgan fingerprint density at radius 2 is 1.80 bits per heavy atom. The Labute approximate surface area is 177 Å². The van der Waals surface area contributed by atoms with Crippen molar-refractivity contribution in [3.8, 4) is 11.1 Å². The number of rotatable bonds is 6. The van der Waals surface area contributed by atoms with Crippen LogP contribution in [-0.2, 0) is 6.42 Å². The van der Waals surface area contributed by atoms with E-state index in [1.54, 1.807) is 19.0 Å². The molecule has 0 fully saturated rings. The Morgan fingerprint density at radius 3 is 2.43 bits per heavy atom. The zero-order valence-electron chi connectivity index (χ0n) is 17.9. The molecule has 0 unspecified atom stereocenters. The first-order valence-corrected chi connectivity index (χ1v) is 9.95. The van der Waals surface area contributed by atoms with Crippen molar-refractivity contribution < 1.29 is 10.0 Å². The lowest BCUT2D eigenvalue weighted by Gasteiger charge is -2.14. The maximum absolute atomic E-state index is 12.0. The SMILES string of the molecule is Cc1cc(-c2cccc(/C(CCc3ccc(C(=O)N(C)C)cc3)=N/O)c2C)ccn1. The van der Waals surface area contributed by atoms with Crippen LogP contribution in [-0.4, -0.2) is 40.8 Å². The maximum atomic E-state index is 12.0. The fourth-order valence-corrected chi connectivity index (χ4v) is 3.55. The van der Waals surface area contributed by atoms with Gasteiger partial charge in [0.1, 0.15) is 0 Å². The van der Waals surface area contributed by atoms with Gasteiger partial charge in [0.15, 0.2) is 0 Å². The molecule has 1 aromatic heterocycles. The van der Waals surface area contributed by atoms with E-state index in [2.05, 4.69) is 22.3 Å². The lowest BCUT2D eigenvalue weighted by atomic mass is 9.92. The third-order valence-electron chi connectivity index (χ3n) is 5.23. The van der Waals surface area contributed by atoms with E-state index >= 15 is 0 Å². The number of hydrogen-bond donors (Lipinski definition) is 1. The lowest BCUT2D eigenvalue weighted by molar-refractivity contribution is 0.0827. The van der Waals surface area contributed by atoms with Crippen molar-refractivity contribution in [3.63, 3.8) is 0 Å². The highest BCUT2D eigenvalue weighted by atomic mass is 16.4. The van der Waals surface area contributed by atoms with Crippen molar-refractivity contribution >= 4 is 11.6 Å². The normalized spacial score (nSPS) is 11.4. The summed E-state index contributed by atoms with van der Waals surface area (Å²) in [5.41, 5.74) is 7.57. The van der Waals surface area contributed by atoms with Gasteiger partial charge < -0.3 is 10.1 Å². The number of benzene rings is 2. The molecule has 0 bridgehead atoms. The monoisotopic (exact) mass is 401 g/mol. The smallest absolute Gasteiger partial charge is 0.253 e. The van der Waals surface area contributed by atoms with Crippen LogP contribution in [0.4, 0.5) is 0 Å². The number of carbonyl (C=O) groups excluding carboxylic acids is 1. The topological polar surface area (TPSA) is 65.8 Å². The minimum atomic E-state index is -0.0158. The van der Waals surface area contributed by atoms with E-state index in [9.17, 15) is 10.0 Å². The van der Waals surface area contributed by atoms with Crippen LogP contribution in [0.2, 0.25) is 0 Å². The van der Waals surface area contributed by atoms with Gasteiger partial charge in [-0.05, 0) is 73.2 Å². The van der Waals surface area contributed by atoms with Gasteiger partial charge in [-0.2, -0.15) is 0 Å². The zero-order valence-corrected chi connectivity index (χ0v) is 17.9. The van der Waals surface area contributed by atoms with Crippen molar-refractivity contribution in [2.45, 2.75) is 26.7 Å². The molecule has 30 heavy (non-hydrogen) atoms. The van der Waals surface area contributed by atoms with Gasteiger partial charge in [-0.15, -0.1) is 0 Å². The van der Waals surface area contributed by atoms with E-state index in [1.807, 2.05) is 62.5 Å². The van der Waals surface area contributed by atoms with Gasteiger partial charge in [-0.1, -0.05) is 35.5 Å². The van der Waals surface area contributed by atoms with Crippen molar-refractivity contribution in [3.05, 3.63) is 88.7 Å². The summed E-state index contributed by atoms with van der Waals surface area (Å²) < 4.78 is 0. The quantitative estimate of drug-likeness (QED) is 0.364. The third-order valence-corrected chi connectivity index (χ3v) is 5.23. The number of oxime groups is 1. The Hall–Kier alpha value is -3.47. The minimum absolute atomic E-state index is 0.0158. The van der Waals surface area contributed by atoms with Crippen molar-refractivity contribution in [2.24, 2.45) is 5.16 Å². The molecule has 0 saturated carbocycles. The fourth-order valence-electron chi connectivity index (χ4n) is 3.55. The van der Waals surface area contributed by atoms with Gasteiger partial charge in [-0.25, -0.2) is 0 Å². The average Bonchev–Trinajstić information content (AvgIpc) is 2.75. The minimum Gasteiger partial charge on any atom is -0.411 e. The molecule has 0 spiro atoms. The highest BCUT2D eigenvalue weighted by molar-refractivity contribution is 6.03. The van der Waals surface area contributed by atoms with E-state index < -0.39 is 0 Å².